The van der Waals surface area contributed by atoms with E-state index in [4.69, 9.17) is 23.2 Å². The zero-order valence-electron chi connectivity index (χ0n) is 13.8. The first-order chi connectivity index (χ1) is 10.4. The Labute approximate surface area is 155 Å². The van der Waals surface area contributed by atoms with Crippen molar-refractivity contribution in [2.45, 2.75) is 39.2 Å². The predicted octanol–water partition coefficient (Wildman–Crippen LogP) is 6.05. The molecular weight excluding hydrogens is 349 g/mol. The molecule has 0 unspecified atom stereocenters. The summed E-state index contributed by atoms with van der Waals surface area (Å²) in [7, 11) is 0. The Morgan fingerprint density at radius 3 is 2.04 bits per heavy atom. The Morgan fingerprint density at radius 2 is 1.48 bits per heavy atom. The number of rotatable bonds is 5. The Hall–Kier alpha value is -0.730. The average molecular weight is 373 g/mol. The number of nitrogens with one attached hydrogen (secondary N) is 1. The molecule has 1 N–H and O–H groups in total. The Balaban J connectivity index is 0.00000264. The van der Waals surface area contributed by atoms with Crippen molar-refractivity contribution in [3.8, 4) is 0 Å². The lowest BCUT2D eigenvalue weighted by Crippen LogP contribution is -2.17. The summed E-state index contributed by atoms with van der Waals surface area (Å²) in [6, 6.07) is 14.6. The van der Waals surface area contributed by atoms with Crippen molar-refractivity contribution >= 4 is 35.6 Å². The van der Waals surface area contributed by atoms with Gasteiger partial charge < -0.3 is 5.32 Å². The first-order valence-electron chi connectivity index (χ1n) is 7.60. The van der Waals surface area contributed by atoms with Crippen LogP contribution in [-0.2, 0) is 18.4 Å². The number of benzene rings is 2. The van der Waals surface area contributed by atoms with E-state index in [1.54, 1.807) is 0 Å². The second-order valence-electron chi connectivity index (χ2n) is 6.62. The van der Waals surface area contributed by atoms with Gasteiger partial charge in [-0.1, -0.05) is 74.3 Å². The zero-order valence-corrected chi connectivity index (χ0v) is 16.2. The molecule has 0 aromatic heterocycles. The van der Waals surface area contributed by atoms with Gasteiger partial charge in [0.25, 0.3) is 0 Å². The maximum atomic E-state index is 6.02. The van der Waals surface area contributed by atoms with Gasteiger partial charge in [-0.25, -0.2) is 0 Å². The van der Waals surface area contributed by atoms with Crippen LogP contribution in [0.1, 0.15) is 37.5 Å². The van der Waals surface area contributed by atoms with Crippen LogP contribution in [0.25, 0.3) is 0 Å². The molecule has 23 heavy (non-hydrogen) atoms. The summed E-state index contributed by atoms with van der Waals surface area (Å²) in [5, 5.41) is 4.70. The summed E-state index contributed by atoms with van der Waals surface area (Å²) >= 11 is 11.9. The molecule has 2 rings (SSSR count). The van der Waals surface area contributed by atoms with Crippen LogP contribution in [0, 0.1) is 0 Å². The van der Waals surface area contributed by atoms with E-state index >= 15 is 0 Å². The molecule has 0 aliphatic rings. The van der Waals surface area contributed by atoms with Gasteiger partial charge in [0.2, 0.25) is 0 Å². The summed E-state index contributed by atoms with van der Waals surface area (Å²) < 4.78 is 0. The normalized spacial score (nSPS) is 11.2. The lowest BCUT2D eigenvalue weighted by atomic mass is 9.87. The molecule has 0 aliphatic carbocycles. The third kappa shape index (κ3) is 6.35. The Morgan fingerprint density at radius 1 is 0.870 bits per heavy atom. The van der Waals surface area contributed by atoms with Crippen LogP contribution in [0.3, 0.4) is 0 Å². The van der Waals surface area contributed by atoms with E-state index in [-0.39, 0.29) is 17.8 Å². The van der Waals surface area contributed by atoms with Crippen LogP contribution >= 0.6 is 35.6 Å². The van der Waals surface area contributed by atoms with Crippen molar-refractivity contribution in [1.29, 1.82) is 0 Å². The minimum atomic E-state index is 0. The molecule has 0 spiro atoms. The summed E-state index contributed by atoms with van der Waals surface area (Å²) in [5.41, 5.74) is 4.08. The molecule has 1 nitrogen and oxygen atoms in total. The molecule has 0 saturated carbocycles. The van der Waals surface area contributed by atoms with Gasteiger partial charge in [0.15, 0.2) is 0 Å². The van der Waals surface area contributed by atoms with Crippen molar-refractivity contribution in [1.82, 2.24) is 5.32 Å². The van der Waals surface area contributed by atoms with E-state index in [1.807, 2.05) is 18.2 Å². The quantitative estimate of drug-likeness (QED) is 0.630. The number of hydrogen-bond acceptors (Lipinski definition) is 1. The molecule has 4 heteroatoms. The van der Waals surface area contributed by atoms with Crippen molar-refractivity contribution < 1.29 is 0 Å². The zero-order chi connectivity index (χ0) is 16.2. The third-order valence-electron chi connectivity index (χ3n) is 3.72. The Kier molecular flexibility index (Phi) is 7.89. The second-order valence-corrected chi connectivity index (χ2v) is 7.44. The van der Waals surface area contributed by atoms with Crippen molar-refractivity contribution in [2.24, 2.45) is 0 Å². The van der Waals surface area contributed by atoms with Crippen molar-refractivity contribution in [3.05, 3.63) is 69.2 Å². The molecule has 0 bridgehead atoms. The average Bonchev–Trinajstić information content (AvgIpc) is 2.47. The van der Waals surface area contributed by atoms with Crippen LogP contribution < -0.4 is 5.32 Å². The highest BCUT2D eigenvalue weighted by atomic mass is 35.5. The van der Waals surface area contributed by atoms with Crippen LogP contribution in [-0.4, -0.2) is 6.54 Å². The summed E-state index contributed by atoms with van der Waals surface area (Å²) in [6.45, 7) is 8.50. The smallest absolute Gasteiger partial charge is 0.0595 e. The van der Waals surface area contributed by atoms with Gasteiger partial charge in [-0.3, -0.25) is 0 Å². The van der Waals surface area contributed by atoms with E-state index in [2.05, 4.69) is 50.4 Å². The van der Waals surface area contributed by atoms with Gasteiger partial charge >= 0.3 is 0 Å². The lowest BCUT2D eigenvalue weighted by molar-refractivity contribution is 0.589. The minimum Gasteiger partial charge on any atom is -0.312 e. The van der Waals surface area contributed by atoms with Crippen molar-refractivity contribution in [2.75, 3.05) is 6.54 Å². The van der Waals surface area contributed by atoms with Gasteiger partial charge in [0, 0.05) is 6.54 Å². The van der Waals surface area contributed by atoms with Gasteiger partial charge in [0.1, 0.15) is 0 Å². The van der Waals surface area contributed by atoms with E-state index in [0.29, 0.717) is 10.0 Å². The van der Waals surface area contributed by atoms with Crippen LogP contribution in [0.2, 0.25) is 10.0 Å². The van der Waals surface area contributed by atoms with E-state index in [1.165, 1.54) is 16.7 Å². The maximum Gasteiger partial charge on any atom is 0.0595 e. The van der Waals surface area contributed by atoms with Gasteiger partial charge in [-0.05, 0) is 47.2 Å². The van der Waals surface area contributed by atoms with E-state index in [9.17, 15) is 0 Å². The summed E-state index contributed by atoms with van der Waals surface area (Å²) in [6.07, 6.45) is 0.941. The molecular formula is C19H24Cl3N. The highest BCUT2D eigenvalue weighted by Gasteiger charge is 2.12. The molecule has 0 aliphatic heterocycles. The highest BCUT2D eigenvalue weighted by Crippen LogP contribution is 2.23. The summed E-state index contributed by atoms with van der Waals surface area (Å²) in [4.78, 5) is 0. The molecule has 0 amide bonds. The van der Waals surface area contributed by atoms with Crippen LogP contribution in [0.5, 0.6) is 0 Å². The van der Waals surface area contributed by atoms with Gasteiger partial charge in [0.05, 0.1) is 10.0 Å². The molecule has 2 aromatic carbocycles. The topological polar surface area (TPSA) is 12.0 Å². The minimum absolute atomic E-state index is 0. The first-order valence-corrected chi connectivity index (χ1v) is 8.36. The predicted molar refractivity (Wildman–Crippen MR) is 104 cm³/mol. The lowest BCUT2D eigenvalue weighted by Gasteiger charge is -2.19. The first kappa shape index (κ1) is 20.3. The van der Waals surface area contributed by atoms with Crippen LogP contribution in [0.4, 0.5) is 0 Å². The molecule has 0 saturated heterocycles. The molecule has 0 fully saturated rings. The SMILES string of the molecule is CC(C)(C)c1ccc(CNCCc2ccc(Cl)c(Cl)c2)cc1.Cl. The third-order valence-corrected chi connectivity index (χ3v) is 4.46. The fraction of sp³-hybridized carbons (Fsp3) is 0.368. The molecule has 0 heterocycles. The van der Waals surface area contributed by atoms with Gasteiger partial charge in [-0.2, -0.15) is 0 Å². The Bertz CT molecular complexity index is 616. The number of hydrogen-bond donors (Lipinski definition) is 1. The van der Waals surface area contributed by atoms with Crippen molar-refractivity contribution in [3.63, 3.8) is 0 Å². The monoisotopic (exact) mass is 371 g/mol. The highest BCUT2D eigenvalue weighted by molar-refractivity contribution is 6.42. The molecule has 0 atom stereocenters. The molecule has 126 valence electrons. The second kappa shape index (κ2) is 8.94. The summed E-state index contributed by atoms with van der Waals surface area (Å²) in [5.74, 6) is 0. The maximum absolute atomic E-state index is 6.02. The standard InChI is InChI=1S/C19H23Cl2N.ClH/c1-19(2,3)16-7-4-15(5-8-16)13-22-11-10-14-6-9-17(20)18(21)12-14;/h4-9,12,22H,10-11,13H2,1-3H3;1H. The fourth-order valence-electron chi connectivity index (χ4n) is 2.28. The van der Waals surface area contributed by atoms with Crippen LogP contribution in [0.15, 0.2) is 42.5 Å². The molecule has 0 radical (unpaired) electrons. The molecule has 2 aromatic rings. The van der Waals surface area contributed by atoms with Gasteiger partial charge in [-0.15, -0.1) is 12.4 Å². The fourth-order valence-corrected chi connectivity index (χ4v) is 2.60. The largest absolute Gasteiger partial charge is 0.312 e. The van der Waals surface area contributed by atoms with E-state index < -0.39 is 0 Å². The van der Waals surface area contributed by atoms with E-state index in [0.717, 1.165) is 19.5 Å². The number of halogens is 3.